The van der Waals surface area contributed by atoms with Crippen LogP contribution in [-0.2, 0) is 16.6 Å². The van der Waals surface area contributed by atoms with E-state index in [-0.39, 0.29) is 17.3 Å². The second-order valence-electron chi connectivity index (χ2n) is 3.53. The van der Waals surface area contributed by atoms with Gasteiger partial charge in [-0.25, -0.2) is 18.1 Å². The SMILES string of the molecule is CCNc1ncccc1S(=O)(=O)NCc1nn[nH]n1. The minimum absolute atomic E-state index is 0.0424. The first-order valence-corrected chi connectivity index (χ1v) is 7.02. The third-order valence-corrected chi connectivity index (χ3v) is 3.65. The smallest absolute Gasteiger partial charge is 0.244 e. The molecular formula is C9H13N7O2S. The Morgan fingerprint density at radius 3 is 2.95 bits per heavy atom. The summed E-state index contributed by atoms with van der Waals surface area (Å²) in [4.78, 5) is 4.08. The fourth-order valence-electron chi connectivity index (χ4n) is 1.40. The van der Waals surface area contributed by atoms with Gasteiger partial charge in [-0.2, -0.15) is 5.21 Å². The molecule has 2 rings (SSSR count). The molecule has 9 nitrogen and oxygen atoms in total. The number of aromatic amines is 1. The van der Waals surface area contributed by atoms with Crippen molar-refractivity contribution in [3.8, 4) is 0 Å². The second kappa shape index (κ2) is 5.71. The lowest BCUT2D eigenvalue weighted by molar-refractivity contribution is 0.579. The highest BCUT2D eigenvalue weighted by atomic mass is 32.2. The van der Waals surface area contributed by atoms with E-state index in [1.54, 1.807) is 6.07 Å². The number of hydrogen-bond acceptors (Lipinski definition) is 7. The van der Waals surface area contributed by atoms with Crippen molar-refractivity contribution >= 4 is 15.8 Å². The third-order valence-electron chi connectivity index (χ3n) is 2.21. The fraction of sp³-hybridized carbons (Fsp3) is 0.333. The normalized spacial score (nSPS) is 11.4. The molecule has 0 saturated carbocycles. The molecule has 0 unspecified atom stereocenters. The molecule has 0 aliphatic rings. The highest BCUT2D eigenvalue weighted by Crippen LogP contribution is 2.17. The number of tetrazole rings is 1. The maximum Gasteiger partial charge on any atom is 0.244 e. The summed E-state index contributed by atoms with van der Waals surface area (Å²) in [6.45, 7) is 2.39. The molecule has 0 aliphatic carbocycles. The Labute approximate surface area is 109 Å². The van der Waals surface area contributed by atoms with Crippen LogP contribution in [0, 0.1) is 0 Å². The Morgan fingerprint density at radius 2 is 2.26 bits per heavy atom. The lowest BCUT2D eigenvalue weighted by Crippen LogP contribution is -2.25. The molecule has 0 radical (unpaired) electrons. The molecule has 0 spiro atoms. The summed E-state index contributed by atoms with van der Waals surface area (Å²) in [6, 6.07) is 3.04. The standard InChI is InChI=1S/C9H13N7O2S/c1-2-10-9-7(4-3-5-11-9)19(17,18)12-6-8-13-15-16-14-8/h3-5,12H,2,6H2,1H3,(H,10,11)(H,13,14,15,16). The molecule has 0 aliphatic heterocycles. The van der Waals surface area contributed by atoms with Gasteiger partial charge in [-0.15, -0.1) is 10.2 Å². The molecule has 2 aromatic heterocycles. The van der Waals surface area contributed by atoms with Crippen molar-refractivity contribution in [2.45, 2.75) is 18.4 Å². The van der Waals surface area contributed by atoms with Gasteiger partial charge in [0, 0.05) is 12.7 Å². The Bertz CT molecular complexity index is 626. The van der Waals surface area contributed by atoms with Crippen molar-refractivity contribution in [3.63, 3.8) is 0 Å². The van der Waals surface area contributed by atoms with Crippen LogP contribution < -0.4 is 10.0 Å². The average Bonchev–Trinajstić information content (AvgIpc) is 2.91. The van der Waals surface area contributed by atoms with Gasteiger partial charge in [0.2, 0.25) is 10.0 Å². The summed E-state index contributed by atoms with van der Waals surface area (Å²) in [7, 11) is -3.69. The molecule has 3 N–H and O–H groups in total. The van der Waals surface area contributed by atoms with E-state index in [0.717, 1.165) is 0 Å². The van der Waals surface area contributed by atoms with Crippen LogP contribution in [-0.4, -0.2) is 40.6 Å². The van der Waals surface area contributed by atoms with E-state index in [0.29, 0.717) is 12.4 Å². The van der Waals surface area contributed by atoms with E-state index in [1.807, 2.05) is 6.92 Å². The van der Waals surface area contributed by atoms with Crippen LogP contribution in [0.2, 0.25) is 0 Å². The summed E-state index contributed by atoms with van der Waals surface area (Å²) < 4.78 is 26.7. The molecule has 0 aromatic carbocycles. The van der Waals surface area contributed by atoms with Gasteiger partial charge in [-0.1, -0.05) is 5.21 Å². The largest absolute Gasteiger partial charge is 0.369 e. The van der Waals surface area contributed by atoms with Crippen molar-refractivity contribution in [2.24, 2.45) is 0 Å². The number of nitrogens with one attached hydrogen (secondary N) is 3. The molecule has 0 fully saturated rings. The molecule has 2 aromatic rings. The average molecular weight is 283 g/mol. The van der Waals surface area contributed by atoms with Gasteiger partial charge < -0.3 is 5.32 Å². The minimum Gasteiger partial charge on any atom is -0.369 e. The first-order valence-electron chi connectivity index (χ1n) is 5.54. The maximum absolute atomic E-state index is 12.1. The van der Waals surface area contributed by atoms with E-state index in [9.17, 15) is 8.42 Å². The maximum atomic E-state index is 12.1. The van der Waals surface area contributed by atoms with E-state index in [1.165, 1.54) is 12.3 Å². The van der Waals surface area contributed by atoms with Gasteiger partial charge in [0.05, 0.1) is 6.54 Å². The summed E-state index contributed by atoms with van der Waals surface area (Å²) >= 11 is 0. The van der Waals surface area contributed by atoms with E-state index in [4.69, 9.17) is 0 Å². The van der Waals surface area contributed by atoms with Gasteiger partial charge >= 0.3 is 0 Å². The number of H-pyrrole nitrogens is 1. The van der Waals surface area contributed by atoms with Crippen LogP contribution in [0.1, 0.15) is 12.7 Å². The van der Waals surface area contributed by atoms with Crippen molar-refractivity contribution in [1.82, 2.24) is 30.3 Å². The Morgan fingerprint density at radius 1 is 1.42 bits per heavy atom. The summed E-state index contributed by atoms with van der Waals surface area (Å²) in [5, 5.41) is 15.8. The summed E-state index contributed by atoms with van der Waals surface area (Å²) in [5.41, 5.74) is 0. The monoisotopic (exact) mass is 283 g/mol. The van der Waals surface area contributed by atoms with Gasteiger partial charge in [0.15, 0.2) is 5.82 Å². The number of hydrogen-bond donors (Lipinski definition) is 3. The molecule has 2 heterocycles. The molecule has 102 valence electrons. The molecule has 0 bridgehead atoms. The number of aromatic nitrogens is 5. The van der Waals surface area contributed by atoms with Crippen LogP contribution in [0.3, 0.4) is 0 Å². The zero-order chi connectivity index (χ0) is 13.7. The lowest BCUT2D eigenvalue weighted by atomic mass is 10.4. The second-order valence-corrected chi connectivity index (χ2v) is 5.27. The minimum atomic E-state index is -3.69. The topological polar surface area (TPSA) is 126 Å². The Balaban J connectivity index is 2.19. The zero-order valence-corrected chi connectivity index (χ0v) is 11.0. The molecule has 19 heavy (non-hydrogen) atoms. The van der Waals surface area contributed by atoms with Crippen molar-refractivity contribution in [1.29, 1.82) is 0 Å². The number of pyridine rings is 1. The number of anilines is 1. The van der Waals surface area contributed by atoms with E-state index in [2.05, 4.69) is 35.6 Å². The molecular weight excluding hydrogens is 270 g/mol. The first-order chi connectivity index (χ1) is 9.13. The van der Waals surface area contributed by atoms with Gasteiger partial charge in [-0.05, 0) is 19.1 Å². The van der Waals surface area contributed by atoms with Crippen LogP contribution in [0.5, 0.6) is 0 Å². The molecule has 0 atom stereocenters. The molecule has 0 saturated heterocycles. The summed E-state index contributed by atoms with van der Waals surface area (Å²) in [6.07, 6.45) is 1.52. The Hall–Kier alpha value is -2.07. The number of rotatable bonds is 6. The quantitative estimate of drug-likeness (QED) is 0.652. The van der Waals surface area contributed by atoms with Crippen LogP contribution in [0.25, 0.3) is 0 Å². The molecule has 10 heteroatoms. The predicted octanol–water partition coefficient (Wildman–Crippen LogP) is -0.495. The van der Waals surface area contributed by atoms with Crippen LogP contribution >= 0.6 is 0 Å². The first kappa shape index (κ1) is 13.4. The number of sulfonamides is 1. The highest BCUT2D eigenvalue weighted by molar-refractivity contribution is 7.89. The van der Waals surface area contributed by atoms with Crippen molar-refractivity contribution in [2.75, 3.05) is 11.9 Å². The Kier molecular flexibility index (Phi) is 4.02. The van der Waals surface area contributed by atoms with Crippen LogP contribution in [0.15, 0.2) is 23.2 Å². The van der Waals surface area contributed by atoms with Gasteiger partial charge in [0.25, 0.3) is 0 Å². The predicted molar refractivity (Wildman–Crippen MR) is 66.6 cm³/mol. The van der Waals surface area contributed by atoms with Gasteiger partial charge in [-0.3, -0.25) is 0 Å². The van der Waals surface area contributed by atoms with Crippen molar-refractivity contribution in [3.05, 3.63) is 24.2 Å². The van der Waals surface area contributed by atoms with Crippen molar-refractivity contribution < 1.29 is 8.42 Å². The zero-order valence-electron chi connectivity index (χ0n) is 10.2. The van der Waals surface area contributed by atoms with E-state index >= 15 is 0 Å². The highest BCUT2D eigenvalue weighted by Gasteiger charge is 2.19. The number of nitrogens with zero attached hydrogens (tertiary/aromatic N) is 4. The van der Waals surface area contributed by atoms with E-state index < -0.39 is 10.0 Å². The third kappa shape index (κ3) is 3.23. The lowest BCUT2D eigenvalue weighted by Gasteiger charge is -2.10. The fourth-order valence-corrected chi connectivity index (χ4v) is 2.51. The summed E-state index contributed by atoms with van der Waals surface area (Å²) in [5.74, 6) is 0.572. The van der Waals surface area contributed by atoms with Gasteiger partial charge in [0.1, 0.15) is 10.7 Å². The molecule has 0 amide bonds. The van der Waals surface area contributed by atoms with Crippen LogP contribution in [0.4, 0.5) is 5.82 Å².